The van der Waals surface area contributed by atoms with Crippen molar-refractivity contribution in [3.63, 3.8) is 0 Å². The molecule has 1 aromatic carbocycles. The van der Waals surface area contributed by atoms with Crippen LogP contribution in [0.4, 0.5) is 0 Å². The molecule has 0 unspecified atom stereocenters. The van der Waals surface area contributed by atoms with Gasteiger partial charge in [0.05, 0.1) is 12.0 Å². The lowest BCUT2D eigenvalue weighted by Crippen LogP contribution is -2.10. The van der Waals surface area contributed by atoms with Gasteiger partial charge in [0, 0.05) is 5.02 Å². The van der Waals surface area contributed by atoms with E-state index in [0.29, 0.717) is 31.5 Å². The standard InChI is InChI=1S/C18H15ClN2O3S/c1-3-24-18(23)15-10(2)14-16(22)20-13(21-17(14)25-15)9-6-11-4-7-12(19)8-5-11/h4-9H,3H2,1-2H3,(H,20,21,22)/b9-6+. The zero-order valence-electron chi connectivity index (χ0n) is 13.6. The number of H-pyrrole nitrogens is 1. The molecule has 0 radical (unpaired) electrons. The number of ether oxygens (including phenoxy) is 1. The Bertz CT molecular complexity index is 1020. The quantitative estimate of drug-likeness (QED) is 0.691. The van der Waals surface area contributed by atoms with Crippen LogP contribution in [0, 0.1) is 6.92 Å². The van der Waals surface area contributed by atoms with E-state index in [1.54, 1.807) is 32.1 Å². The van der Waals surface area contributed by atoms with Crippen LogP contribution in [-0.4, -0.2) is 22.5 Å². The molecule has 3 rings (SSSR count). The van der Waals surface area contributed by atoms with Crippen LogP contribution in [0.1, 0.15) is 33.5 Å². The van der Waals surface area contributed by atoms with Crippen LogP contribution < -0.4 is 5.56 Å². The zero-order chi connectivity index (χ0) is 18.0. The Kier molecular flexibility index (Phi) is 5.01. The van der Waals surface area contributed by atoms with Crippen molar-refractivity contribution in [2.45, 2.75) is 13.8 Å². The summed E-state index contributed by atoms with van der Waals surface area (Å²) in [6.45, 7) is 3.75. The number of nitrogens with one attached hydrogen (secondary N) is 1. The van der Waals surface area contributed by atoms with Gasteiger partial charge < -0.3 is 9.72 Å². The van der Waals surface area contributed by atoms with Gasteiger partial charge in [0.25, 0.3) is 5.56 Å². The summed E-state index contributed by atoms with van der Waals surface area (Å²) in [4.78, 5) is 32.5. The third-order valence-corrected chi connectivity index (χ3v) is 5.00. The van der Waals surface area contributed by atoms with E-state index in [-0.39, 0.29) is 12.2 Å². The van der Waals surface area contributed by atoms with E-state index < -0.39 is 5.97 Å². The molecular formula is C18H15ClN2O3S. The normalized spacial score (nSPS) is 11.3. The minimum absolute atomic E-state index is 0.273. The van der Waals surface area contributed by atoms with E-state index in [1.807, 2.05) is 18.2 Å². The summed E-state index contributed by atoms with van der Waals surface area (Å²) >= 11 is 7.03. The van der Waals surface area contributed by atoms with Crippen molar-refractivity contribution in [1.29, 1.82) is 0 Å². The molecule has 0 aliphatic rings. The molecular weight excluding hydrogens is 360 g/mol. The molecule has 128 valence electrons. The first-order chi connectivity index (χ1) is 12.0. The lowest BCUT2D eigenvalue weighted by Gasteiger charge is -1.98. The Balaban J connectivity index is 2.00. The Morgan fingerprint density at radius 2 is 2.04 bits per heavy atom. The molecule has 3 aromatic rings. The second-order valence-corrected chi connectivity index (χ2v) is 6.73. The van der Waals surface area contributed by atoms with E-state index in [2.05, 4.69) is 9.97 Å². The number of esters is 1. The second-order valence-electron chi connectivity index (χ2n) is 5.29. The van der Waals surface area contributed by atoms with Gasteiger partial charge in [-0.2, -0.15) is 0 Å². The molecule has 7 heteroatoms. The average Bonchev–Trinajstić information content (AvgIpc) is 2.92. The molecule has 0 amide bonds. The molecule has 5 nitrogen and oxygen atoms in total. The molecule has 0 saturated heterocycles. The van der Waals surface area contributed by atoms with Gasteiger partial charge in [0.2, 0.25) is 0 Å². The van der Waals surface area contributed by atoms with Crippen molar-refractivity contribution in [2.24, 2.45) is 0 Å². The number of thiophene rings is 1. The number of carbonyl (C=O) groups is 1. The fourth-order valence-electron chi connectivity index (χ4n) is 2.38. The smallest absolute Gasteiger partial charge is 0.348 e. The number of hydrogen-bond acceptors (Lipinski definition) is 5. The minimum Gasteiger partial charge on any atom is -0.462 e. The lowest BCUT2D eigenvalue weighted by atomic mass is 10.2. The molecule has 0 bridgehead atoms. The third-order valence-electron chi connectivity index (χ3n) is 3.58. The Morgan fingerprint density at radius 3 is 2.72 bits per heavy atom. The average molecular weight is 375 g/mol. The van der Waals surface area contributed by atoms with Crippen molar-refractivity contribution in [1.82, 2.24) is 9.97 Å². The Hall–Kier alpha value is -2.44. The summed E-state index contributed by atoms with van der Waals surface area (Å²) in [5, 5.41) is 1.09. The number of aromatic amines is 1. The minimum atomic E-state index is -0.430. The highest BCUT2D eigenvalue weighted by molar-refractivity contribution is 7.20. The predicted octanol–water partition coefficient (Wildman–Crippen LogP) is 4.29. The summed E-state index contributed by atoms with van der Waals surface area (Å²) in [6, 6.07) is 7.30. The Morgan fingerprint density at radius 1 is 1.32 bits per heavy atom. The monoisotopic (exact) mass is 374 g/mol. The molecule has 0 spiro atoms. The van der Waals surface area contributed by atoms with E-state index in [0.717, 1.165) is 5.56 Å². The number of carbonyl (C=O) groups excluding carboxylic acids is 1. The number of aromatic nitrogens is 2. The molecule has 1 N–H and O–H groups in total. The molecule has 0 saturated carbocycles. The number of fused-ring (bicyclic) bond motifs is 1. The van der Waals surface area contributed by atoms with Gasteiger partial charge in [-0.05, 0) is 43.2 Å². The number of nitrogens with zero attached hydrogens (tertiary/aromatic N) is 1. The first-order valence-electron chi connectivity index (χ1n) is 7.63. The SMILES string of the molecule is CCOC(=O)c1sc2nc(/C=C/c3ccc(Cl)cc3)[nH]c(=O)c2c1C. The summed E-state index contributed by atoms with van der Waals surface area (Å²) in [5.74, 6) is -0.00948. The maximum Gasteiger partial charge on any atom is 0.348 e. The third kappa shape index (κ3) is 3.65. The van der Waals surface area contributed by atoms with E-state index >= 15 is 0 Å². The van der Waals surface area contributed by atoms with Gasteiger partial charge in [0.1, 0.15) is 15.5 Å². The van der Waals surface area contributed by atoms with Gasteiger partial charge in [-0.15, -0.1) is 11.3 Å². The fraction of sp³-hybridized carbons (Fsp3) is 0.167. The van der Waals surface area contributed by atoms with Gasteiger partial charge in [-0.3, -0.25) is 4.79 Å². The van der Waals surface area contributed by atoms with Gasteiger partial charge in [0.15, 0.2) is 0 Å². The largest absolute Gasteiger partial charge is 0.462 e. The number of halogens is 1. The highest BCUT2D eigenvalue weighted by atomic mass is 35.5. The number of hydrogen-bond donors (Lipinski definition) is 1. The molecule has 0 fully saturated rings. The van der Waals surface area contributed by atoms with Crippen LogP contribution in [-0.2, 0) is 4.74 Å². The van der Waals surface area contributed by atoms with Crippen LogP contribution >= 0.6 is 22.9 Å². The molecule has 0 atom stereocenters. The molecule has 2 aromatic heterocycles. The second kappa shape index (κ2) is 7.21. The van der Waals surface area contributed by atoms with Gasteiger partial charge in [-0.1, -0.05) is 29.8 Å². The van der Waals surface area contributed by atoms with Crippen molar-refractivity contribution in [3.05, 3.63) is 61.5 Å². The van der Waals surface area contributed by atoms with Crippen LogP contribution in [0.25, 0.3) is 22.4 Å². The lowest BCUT2D eigenvalue weighted by molar-refractivity contribution is 0.0531. The molecule has 2 heterocycles. The van der Waals surface area contributed by atoms with Gasteiger partial charge >= 0.3 is 5.97 Å². The first-order valence-corrected chi connectivity index (χ1v) is 8.83. The molecule has 0 aliphatic heterocycles. The van der Waals surface area contributed by atoms with Crippen LogP contribution in [0.15, 0.2) is 29.1 Å². The molecule has 25 heavy (non-hydrogen) atoms. The van der Waals surface area contributed by atoms with Crippen LogP contribution in [0.3, 0.4) is 0 Å². The highest BCUT2D eigenvalue weighted by Crippen LogP contribution is 2.27. The number of benzene rings is 1. The summed E-state index contributed by atoms with van der Waals surface area (Å²) in [7, 11) is 0. The first kappa shape index (κ1) is 17.4. The van der Waals surface area contributed by atoms with Crippen LogP contribution in [0.5, 0.6) is 0 Å². The number of rotatable bonds is 4. The topological polar surface area (TPSA) is 72.0 Å². The van der Waals surface area contributed by atoms with E-state index in [4.69, 9.17) is 16.3 Å². The summed E-state index contributed by atoms with van der Waals surface area (Å²) < 4.78 is 5.03. The fourth-order valence-corrected chi connectivity index (χ4v) is 3.59. The van der Waals surface area contributed by atoms with Gasteiger partial charge in [-0.25, -0.2) is 9.78 Å². The van der Waals surface area contributed by atoms with Crippen molar-refractivity contribution in [3.8, 4) is 0 Å². The maximum atomic E-state index is 12.4. The highest BCUT2D eigenvalue weighted by Gasteiger charge is 2.19. The van der Waals surface area contributed by atoms with Crippen molar-refractivity contribution >= 4 is 51.3 Å². The molecule has 0 aliphatic carbocycles. The van der Waals surface area contributed by atoms with Crippen LogP contribution in [0.2, 0.25) is 5.02 Å². The maximum absolute atomic E-state index is 12.4. The zero-order valence-corrected chi connectivity index (χ0v) is 15.2. The summed E-state index contributed by atoms with van der Waals surface area (Å²) in [6.07, 6.45) is 3.54. The van der Waals surface area contributed by atoms with E-state index in [1.165, 1.54) is 11.3 Å². The van der Waals surface area contributed by atoms with Crippen molar-refractivity contribution in [2.75, 3.05) is 6.61 Å². The predicted molar refractivity (Wildman–Crippen MR) is 101 cm³/mol. The van der Waals surface area contributed by atoms with Crippen molar-refractivity contribution < 1.29 is 9.53 Å². The number of aryl methyl sites for hydroxylation is 1. The summed E-state index contributed by atoms with van der Waals surface area (Å²) in [5.41, 5.74) is 1.26. The van der Waals surface area contributed by atoms with E-state index in [9.17, 15) is 9.59 Å². The Labute approximate surface area is 152 Å².